The van der Waals surface area contributed by atoms with Crippen LogP contribution in [0.15, 0.2) is 60.9 Å². The summed E-state index contributed by atoms with van der Waals surface area (Å²) in [7, 11) is 4.69. The summed E-state index contributed by atoms with van der Waals surface area (Å²) in [4.78, 5) is 12.9. The van der Waals surface area contributed by atoms with Crippen molar-refractivity contribution in [1.29, 1.82) is 0 Å². The molecular formula is C22H21N5O3. The third-order valence-corrected chi connectivity index (χ3v) is 4.53. The molecule has 152 valence electrons. The molecule has 0 saturated heterocycles. The Morgan fingerprint density at radius 1 is 0.733 bits per heavy atom. The number of methoxy groups -OCH3 is 3. The SMILES string of the molecule is COc1cc(Nc2ncnc(Nc3cccc4ccccc34)n2)cc(OC)c1OC. The number of benzene rings is 3. The third-order valence-electron chi connectivity index (χ3n) is 4.53. The number of rotatable bonds is 7. The average molecular weight is 403 g/mol. The topological polar surface area (TPSA) is 90.4 Å². The van der Waals surface area contributed by atoms with E-state index in [0.717, 1.165) is 16.5 Å². The van der Waals surface area contributed by atoms with Crippen LogP contribution in [-0.4, -0.2) is 36.3 Å². The minimum atomic E-state index is 0.377. The number of hydrogen-bond donors (Lipinski definition) is 2. The second kappa shape index (κ2) is 8.52. The highest BCUT2D eigenvalue weighted by molar-refractivity contribution is 5.94. The molecule has 0 aliphatic carbocycles. The van der Waals surface area contributed by atoms with Gasteiger partial charge in [0.1, 0.15) is 6.33 Å². The van der Waals surface area contributed by atoms with E-state index in [1.165, 1.54) is 6.33 Å². The van der Waals surface area contributed by atoms with Gasteiger partial charge in [0.25, 0.3) is 0 Å². The van der Waals surface area contributed by atoms with E-state index in [0.29, 0.717) is 34.8 Å². The van der Waals surface area contributed by atoms with Crippen molar-refractivity contribution >= 4 is 34.0 Å². The van der Waals surface area contributed by atoms with Crippen LogP contribution in [0.2, 0.25) is 0 Å². The molecule has 4 rings (SSSR count). The molecule has 3 aromatic carbocycles. The van der Waals surface area contributed by atoms with Crippen LogP contribution >= 0.6 is 0 Å². The maximum absolute atomic E-state index is 5.39. The van der Waals surface area contributed by atoms with Gasteiger partial charge in [-0.05, 0) is 11.5 Å². The first-order valence-electron chi connectivity index (χ1n) is 9.22. The van der Waals surface area contributed by atoms with Crippen molar-refractivity contribution in [3.05, 3.63) is 60.9 Å². The van der Waals surface area contributed by atoms with Crippen molar-refractivity contribution in [3.63, 3.8) is 0 Å². The van der Waals surface area contributed by atoms with Gasteiger partial charge >= 0.3 is 0 Å². The summed E-state index contributed by atoms with van der Waals surface area (Å²) in [5.41, 5.74) is 1.60. The Balaban J connectivity index is 1.61. The van der Waals surface area contributed by atoms with Gasteiger partial charge in [-0.1, -0.05) is 36.4 Å². The van der Waals surface area contributed by atoms with Crippen LogP contribution in [0.3, 0.4) is 0 Å². The lowest BCUT2D eigenvalue weighted by molar-refractivity contribution is 0.324. The lowest BCUT2D eigenvalue weighted by atomic mass is 10.1. The van der Waals surface area contributed by atoms with Crippen LogP contribution < -0.4 is 24.8 Å². The highest BCUT2D eigenvalue weighted by Gasteiger charge is 2.14. The molecular weight excluding hydrogens is 382 g/mol. The molecule has 30 heavy (non-hydrogen) atoms. The average Bonchev–Trinajstić information content (AvgIpc) is 2.79. The van der Waals surface area contributed by atoms with Crippen molar-refractivity contribution in [3.8, 4) is 17.2 Å². The van der Waals surface area contributed by atoms with Gasteiger partial charge in [0, 0.05) is 28.9 Å². The maximum Gasteiger partial charge on any atom is 0.232 e. The van der Waals surface area contributed by atoms with Crippen LogP contribution in [0.5, 0.6) is 17.2 Å². The molecule has 0 atom stereocenters. The number of ether oxygens (including phenoxy) is 3. The molecule has 8 heteroatoms. The normalized spacial score (nSPS) is 10.5. The fourth-order valence-electron chi connectivity index (χ4n) is 3.15. The van der Waals surface area contributed by atoms with Crippen molar-refractivity contribution in [2.45, 2.75) is 0 Å². The molecule has 0 aliphatic rings. The van der Waals surface area contributed by atoms with Gasteiger partial charge in [0.15, 0.2) is 11.5 Å². The van der Waals surface area contributed by atoms with Gasteiger partial charge in [-0.15, -0.1) is 0 Å². The van der Waals surface area contributed by atoms with Gasteiger partial charge in [-0.25, -0.2) is 9.97 Å². The Labute approximate surface area is 173 Å². The molecule has 1 heterocycles. The van der Waals surface area contributed by atoms with Crippen molar-refractivity contribution in [2.75, 3.05) is 32.0 Å². The Morgan fingerprint density at radius 3 is 2.10 bits per heavy atom. The van der Waals surface area contributed by atoms with E-state index in [4.69, 9.17) is 14.2 Å². The van der Waals surface area contributed by atoms with Crippen molar-refractivity contribution in [1.82, 2.24) is 15.0 Å². The Kier molecular flexibility index (Phi) is 5.47. The highest BCUT2D eigenvalue weighted by Crippen LogP contribution is 2.40. The van der Waals surface area contributed by atoms with E-state index in [2.05, 4.69) is 37.7 Å². The maximum atomic E-state index is 5.39. The summed E-state index contributed by atoms with van der Waals surface area (Å²) in [5, 5.41) is 8.63. The van der Waals surface area contributed by atoms with E-state index in [1.54, 1.807) is 33.5 Å². The van der Waals surface area contributed by atoms with E-state index in [-0.39, 0.29) is 0 Å². The summed E-state index contributed by atoms with van der Waals surface area (Å²) < 4.78 is 16.1. The molecule has 0 radical (unpaired) electrons. The first kappa shape index (κ1) is 19.3. The van der Waals surface area contributed by atoms with Gasteiger partial charge in [0.2, 0.25) is 17.6 Å². The molecule has 2 N–H and O–H groups in total. The summed E-state index contributed by atoms with van der Waals surface area (Å²) in [6, 6.07) is 17.7. The first-order valence-corrected chi connectivity index (χ1v) is 9.22. The molecule has 0 saturated carbocycles. The Morgan fingerprint density at radius 2 is 1.40 bits per heavy atom. The zero-order valence-electron chi connectivity index (χ0n) is 16.8. The lowest BCUT2D eigenvalue weighted by Crippen LogP contribution is -2.04. The minimum Gasteiger partial charge on any atom is -0.493 e. The zero-order chi connectivity index (χ0) is 20.9. The minimum absolute atomic E-state index is 0.377. The van der Waals surface area contributed by atoms with Crippen LogP contribution in [0.4, 0.5) is 23.3 Å². The van der Waals surface area contributed by atoms with Gasteiger partial charge in [-0.3, -0.25) is 0 Å². The summed E-state index contributed by atoms with van der Waals surface area (Å²) >= 11 is 0. The van der Waals surface area contributed by atoms with Gasteiger partial charge in [-0.2, -0.15) is 4.98 Å². The van der Waals surface area contributed by atoms with Crippen molar-refractivity contribution < 1.29 is 14.2 Å². The number of nitrogens with one attached hydrogen (secondary N) is 2. The zero-order valence-corrected chi connectivity index (χ0v) is 16.8. The van der Waals surface area contributed by atoms with E-state index < -0.39 is 0 Å². The molecule has 8 nitrogen and oxygen atoms in total. The van der Waals surface area contributed by atoms with E-state index >= 15 is 0 Å². The molecule has 0 amide bonds. The summed E-state index contributed by atoms with van der Waals surface area (Å²) in [6.45, 7) is 0. The highest BCUT2D eigenvalue weighted by atomic mass is 16.5. The largest absolute Gasteiger partial charge is 0.493 e. The van der Waals surface area contributed by atoms with Gasteiger partial charge in [0.05, 0.1) is 21.3 Å². The third kappa shape index (κ3) is 3.88. The Bertz CT molecular complexity index is 1150. The van der Waals surface area contributed by atoms with E-state index in [1.807, 2.05) is 30.3 Å². The van der Waals surface area contributed by atoms with Gasteiger partial charge < -0.3 is 24.8 Å². The molecule has 0 aliphatic heterocycles. The second-order valence-corrected chi connectivity index (χ2v) is 6.32. The fourth-order valence-corrected chi connectivity index (χ4v) is 3.15. The lowest BCUT2D eigenvalue weighted by Gasteiger charge is -2.14. The van der Waals surface area contributed by atoms with Crippen molar-refractivity contribution in [2.24, 2.45) is 0 Å². The second-order valence-electron chi connectivity index (χ2n) is 6.32. The first-order chi connectivity index (χ1) is 14.7. The Hall–Kier alpha value is -4.07. The predicted molar refractivity (Wildman–Crippen MR) is 116 cm³/mol. The number of fused-ring (bicyclic) bond motifs is 1. The smallest absolute Gasteiger partial charge is 0.232 e. The number of nitrogens with zero attached hydrogens (tertiary/aromatic N) is 3. The molecule has 4 aromatic rings. The quantitative estimate of drug-likeness (QED) is 0.465. The number of aromatic nitrogens is 3. The van der Waals surface area contributed by atoms with Crippen LogP contribution in [0.1, 0.15) is 0 Å². The number of hydrogen-bond acceptors (Lipinski definition) is 8. The predicted octanol–water partition coefficient (Wildman–Crippen LogP) is 4.54. The molecule has 0 fully saturated rings. The van der Waals surface area contributed by atoms with E-state index in [9.17, 15) is 0 Å². The van der Waals surface area contributed by atoms with Crippen LogP contribution in [-0.2, 0) is 0 Å². The standard InChI is InChI=1S/C22H21N5O3/c1-28-18-11-15(12-19(29-2)20(18)30-3)25-21-23-13-24-22(27-21)26-17-10-6-8-14-7-4-5-9-16(14)17/h4-13H,1-3H3,(H2,23,24,25,26,27). The van der Waals surface area contributed by atoms with Crippen LogP contribution in [0, 0.1) is 0 Å². The number of anilines is 4. The fraction of sp³-hybridized carbons (Fsp3) is 0.136. The monoisotopic (exact) mass is 403 g/mol. The molecule has 0 bridgehead atoms. The molecule has 0 unspecified atom stereocenters. The molecule has 0 spiro atoms. The van der Waals surface area contributed by atoms with Crippen LogP contribution in [0.25, 0.3) is 10.8 Å². The molecule has 1 aromatic heterocycles. The summed E-state index contributed by atoms with van der Waals surface area (Å²) in [5.74, 6) is 2.38. The summed E-state index contributed by atoms with van der Waals surface area (Å²) in [6.07, 6.45) is 1.45.